The Morgan fingerprint density at radius 3 is 2.14 bits per heavy atom. The average molecular weight is 278 g/mol. The minimum absolute atomic E-state index is 0.0149. The lowest BCUT2D eigenvalue weighted by Gasteiger charge is -2.21. The molecule has 0 aromatic heterocycles. The zero-order valence-corrected chi connectivity index (χ0v) is 12.0. The highest BCUT2D eigenvalue weighted by molar-refractivity contribution is 6.04. The molecule has 0 saturated carbocycles. The topological polar surface area (TPSA) is 41.1 Å². The number of amides is 1. The molecule has 0 radical (unpaired) electrons. The van der Waals surface area contributed by atoms with Crippen molar-refractivity contribution in [1.29, 1.82) is 0 Å². The van der Waals surface area contributed by atoms with Crippen LogP contribution < -0.4 is 10.6 Å². The third-order valence-electron chi connectivity index (χ3n) is 3.80. The molecule has 21 heavy (non-hydrogen) atoms. The minimum Gasteiger partial charge on any atom is -0.322 e. The van der Waals surface area contributed by atoms with E-state index in [0.717, 1.165) is 29.9 Å². The maximum Gasteiger partial charge on any atom is 0.251 e. The van der Waals surface area contributed by atoms with Crippen LogP contribution in [0.1, 0.15) is 6.92 Å². The van der Waals surface area contributed by atoms with Crippen molar-refractivity contribution in [3.8, 4) is 11.1 Å². The van der Waals surface area contributed by atoms with Crippen LogP contribution in [0.3, 0.4) is 0 Å². The summed E-state index contributed by atoms with van der Waals surface area (Å²) < 4.78 is 0. The monoisotopic (exact) mass is 278 g/mol. The molecule has 1 saturated heterocycles. The third-order valence-corrected chi connectivity index (χ3v) is 3.80. The van der Waals surface area contributed by atoms with Gasteiger partial charge in [-0.15, -0.1) is 0 Å². The van der Waals surface area contributed by atoms with Crippen LogP contribution in [-0.4, -0.2) is 19.0 Å². The van der Waals surface area contributed by atoms with Gasteiger partial charge in [0, 0.05) is 24.4 Å². The molecule has 1 aliphatic heterocycles. The highest BCUT2D eigenvalue weighted by Gasteiger charge is 2.15. The second-order valence-corrected chi connectivity index (χ2v) is 5.23. The van der Waals surface area contributed by atoms with Crippen LogP contribution in [0.5, 0.6) is 0 Å². The Hall–Kier alpha value is -2.39. The lowest BCUT2D eigenvalue weighted by molar-refractivity contribution is -0.112. The number of anilines is 1. The zero-order valence-electron chi connectivity index (χ0n) is 12.0. The van der Waals surface area contributed by atoms with Gasteiger partial charge in [-0.1, -0.05) is 42.5 Å². The van der Waals surface area contributed by atoms with Gasteiger partial charge >= 0.3 is 0 Å². The molecule has 1 amide bonds. The average Bonchev–Trinajstić information content (AvgIpc) is 2.47. The molecule has 2 aromatic rings. The van der Waals surface area contributed by atoms with Crippen molar-refractivity contribution in [2.45, 2.75) is 6.92 Å². The summed E-state index contributed by atoms with van der Waals surface area (Å²) in [5, 5.41) is 6.09. The summed E-state index contributed by atoms with van der Waals surface area (Å²) in [6.45, 7) is 3.53. The van der Waals surface area contributed by atoms with Crippen LogP contribution in [-0.2, 0) is 4.79 Å². The van der Waals surface area contributed by atoms with Crippen molar-refractivity contribution in [2.24, 2.45) is 0 Å². The van der Waals surface area contributed by atoms with Gasteiger partial charge in [0.2, 0.25) is 0 Å². The maximum atomic E-state index is 12.1. The SMILES string of the molecule is CC(C(=O)Nc1ccc(-c2ccccc2)cc1)=C1CNC1. The van der Waals surface area contributed by atoms with Crippen LogP contribution in [0.15, 0.2) is 65.7 Å². The van der Waals surface area contributed by atoms with Gasteiger partial charge in [0.15, 0.2) is 0 Å². The van der Waals surface area contributed by atoms with E-state index >= 15 is 0 Å². The molecule has 3 nitrogen and oxygen atoms in total. The van der Waals surface area contributed by atoms with E-state index in [-0.39, 0.29) is 5.91 Å². The molecule has 0 unspecified atom stereocenters. The van der Waals surface area contributed by atoms with Gasteiger partial charge in [-0.25, -0.2) is 0 Å². The molecule has 0 spiro atoms. The second-order valence-electron chi connectivity index (χ2n) is 5.23. The number of hydrogen-bond donors (Lipinski definition) is 2. The molecule has 0 atom stereocenters. The Bertz CT molecular complexity index is 666. The molecule has 1 aliphatic rings. The predicted octanol–water partition coefficient (Wildman–Crippen LogP) is 3.21. The van der Waals surface area contributed by atoms with Crippen molar-refractivity contribution in [3.63, 3.8) is 0 Å². The van der Waals surface area contributed by atoms with Gasteiger partial charge in [-0.3, -0.25) is 4.79 Å². The third kappa shape index (κ3) is 3.03. The minimum atomic E-state index is -0.0149. The van der Waals surface area contributed by atoms with Gasteiger partial charge in [-0.2, -0.15) is 0 Å². The molecule has 1 fully saturated rings. The fourth-order valence-corrected chi connectivity index (χ4v) is 2.28. The highest BCUT2D eigenvalue weighted by atomic mass is 16.1. The van der Waals surface area contributed by atoms with E-state index < -0.39 is 0 Å². The quantitative estimate of drug-likeness (QED) is 0.846. The largest absolute Gasteiger partial charge is 0.322 e. The summed E-state index contributed by atoms with van der Waals surface area (Å²) in [7, 11) is 0. The van der Waals surface area contributed by atoms with Crippen LogP contribution in [0.2, 0.25) is 0 Å². The van der Waals surface area contributed by atoms with Gasteiger partial charge in [0.1, 0.15) is 0 Å². The van der Waals surface area contributed by atoms with Gasteiger partial charge < -0.3 is 10.6 Å². The summed E-state index contributed by atoms with van der Waals surface area (Å²) in [5.74, 6) is -0.0149. The van der Waals surface area contributed by atoms with Gasteiger partial charge in [0.25, 0.3) is 5.91 Å². The van der Waals surface area contributed by atoms with E-state index in [4.69, 9.17) is 0 Å². The predicted molar refractivity (Wildman–Crippen MR) is 86.1 cm³/mol. The molecule has 0 bridgehead atoms. The Balaban J connectivity index is 1.72. The first-order valence-electron chi connectivity index (χ1n) is 7.10. The Kier molecular flexibility index (Phi) is 3.84. The Morgan fingerprint density at radius 2 is 1.57 bits per heavy atom. The van der Waals surface area contributed by atoms with E-state index in [1.165, 1.54) is 11.1 Å². The van der Waals surface area contributed by atoms with Crippen molar-refractivity contribution in [3.05, 3.63) is 65.7 Å². The molecular formula is C18H18N2O. The number of carbonyl (C=O) groups is 1. The zero-order chi connectivity index (χ0) is 14.7. The van der Waals surface area contributed by atoms with Gasteiger partial charge in [-0.05, 0) is 35.8 Å². The van der Waals surface area contributed by atoms with Crippen molar-refractivity contribution in [2.75, 3.05) is 18.4 Å². The summed E-state index contributed by atoms with van der Waals surface area (Å²) in [4.78, 5) is 12.1. The number of hydrogen-bond acceptors (Lipinski definition) is 2. The highest BCUT2D eigenvalue weighted by Crippen LogP contribution is 2.21. The molecule has 3 rings (SSSR count). The van der Waals surface area contributed by atoms with Crippen molar-refractivity contribution >= 4 is 11.6 Å². The molecule has 0 aliphatic carbocycles. The standard InChI is InChI=1S/C18H18N2O/c1-13(16-11-19-12-16)18(21)20-17-9-7-15(8-10-17)14-5-3-2-4-6-14/h2-10,19H,11-12H2,1H3,(H,20,21). The first-order chi connectivity index (χ1) is 10.2. The Morgan fingerprint density at radius 1 is 0.952 bits per heavy atom. The fraction of sp³-hybridized carbons (Fsp3) is 0.167. The normalized spacial score (nSPS) is 13.5. The van der Waals surface area contributed by atoms with E-state index in [9.17, 15) is 4.79 Å². The second kappa shape index (κ2) is 5.94. The summed E-state index contributed by atoms with van der Waals surface area (Å²) in [6.07, 6.45) is 0. The molecule has 1 heterocycles. The first kappa shape index (κ1) is 13.6. The molecule has 3 heteroatoms. The molecule has 2 aromatic carbocycles. The van der Waals surface area contributed by atoms with Crippen LogP contribution in [0.4, 0.5) is 5.69 Å². The fourth-order valence-electron chi connectivity index (χ4n) is 2.28. The summed E-state index contributed by atoms with van der Waals surface area (Å²) in [5.41, 5.74) is 5.15. The summed E-state index contributed by atoms with van der Waals surface area (Å²) in [6, 6.07) is 18.1. The van der Waals surface area contributed by atoms with E-state index in [0.29, 0.717) is 0 Å². The van der Waals surface area contributed by atoms with Crippen molar-refractivity contribution < 1.29 is 4.79 Å². The number of carbonyl (C=O) groups excluding carboxylic acids is 1. The summed E-state index contributed by atoms with van der Waals surface area (Å²) >= 11 is 0. The number of benzene rings is 2. The van der Waals surface area contributed by atoms with Crippen LogP contribution in [0.25, 0.3) is 11.1 Å². The molecular weight excluding hydrogens is 260 g/mol. The maximum absolute atomic E-state index is 12.1. The Labute approximate surface area is 124 Å². The lowest BCUT2D eigenvalue weighted by atomic mass is 10.0. The first-order valence-corrected chi connectivity index (χ1v) is 7.10. The van der Waals surface area contributed by atoms with Crippen LogP contribution >= 0.6 is 0 Å². The van der Waals surface area contributed by atoms with Gasteiger partial charge in [0.05, 0.1) is 0 Å². The van der Waals surface area contributed by atoms with E-state index in [1.54, 1.807) is 0 Å². The molecule has 106 valence electrons. The number of rotatable bonds is 3. The van der Waals surface area contributed by atoms with Crippen molar-refractivity contribution in [1.82, 2.24) is 5.32 Å². The molecule has 2 N–H and O–H groups in total. The smallest absolute Gasteiger partial charge is 0.251 e. The van der Waals surface area contributed by atoms with E-state index in [1.807, 2.05) is 49.4 Å². The van der Waals surface area contributed by atoms with Crippen LogP contribution in [0, 0.1) is 0 Å². The lowest BCUT2D eigenvalue weighted by Crippen LogP contribution is -2.36. The van der Waals surface area contributed by atoms with E-state index in [2.05, 4.69) is 22.8 Å². The number of nitrogens with one attached hydrogen (secondary N) is 2.